The van der Waals surface area contributed by atoms with Crippen molar-refractivity contribution in [1.82, 2.24) is 4.98 Å². The Hall–Kier alpha value is -1.89. The highest BCUT2D eigenvalue weighted by atomic mass is 32.2. The van der Waals surface area contributed by atoms with Gasteiger partial charge in [-0.2, -0.15) is 13.2 Å². The van der Waals surface area contributed by atoms with E-state index in [2.05, 4.69) is 4.98 Å². The summed E-state index contributed by atoms with van der Waals surface area (Å²) in [4.78, 5) is 3.85. The summed E-state index contributed by atoms with van der Waals surface area (Å²) in [6.07, 6.45) is -2.41. The third-order valence-electron chi connectivity index (χ3n) is 4.13. The van der Waals surface area contributed by atoms with Gasteiger partial charge >= 0.3 is 6.18 Å². The summed E-state index contributed by atoms with van der Waals surface area (Å²) in [6.45, 7) is 5.02. The molecule has 7 heteroatoms. The highest BCUT2D eigenvalue weighted by molar-refractivity contribution is 7.91. The van der Waals surface area contributed by atoms with Crippen LogP contribution in [0.5, 0.6) is 0 Å². The quantitative estimate of drug-likeness (QED) is 0.756. The van der Waals surface area contributed by atoms with Crippen LogP contribution in [0.15, 0.2) is 42.6 Å². The minimum atomic E-state index is -4.38. The Bertz CT molecular complexity index is 834. The van der Waals surface area contributed by atoms with Crippen LogP contribution in [0, 0.1) is 0 Å². The molecule has 3 nitrogen and oxygen atoms in total. The zero-order valence-corrected chi connectivity index (χ0v) is 15.8. The SMILES string of the molecule is CC(C)(C)S(=O)(=O)Cc1ccc(CCc2ccc(C(F)(F)F)cn2)cc1. The molecule has 0 radical (unpaired) electrons. The zero-order valence-electron chi connectivity index (χ0n) is 15.0. The monoisotopic (exact) mass is 385 g/mol. The summed E-state index contributed by atoms with van der Waals surface area (Å²) in [7, 11) is -3.24. The van der Waals surface area contributed by atoms with Crippen LogP contribution in [0.1, 0.15) is 43.2 Å². The average Bonchev–Trinajstić information content (AvgIpc) is 2.52. The van der Waals surface area contributed by atoms with Gasteiger partial charge in [0, 0.05) is 11.9 Å². The molecule has 0 aliphatic rings. The van der Waals surface area contributed by atoms with Gasteiger partial charge in [-0.1, -0.05) is 24.3 Å². The van der Waals surface area contributed by atoms with Gasteiger partial charge in [0.15, 0.2) is 9.84 Å². The van der Waals surface area contributed by atoms with E-state index in [0.29, 0.717) is 18.5 Å². The number of alkyl halides is 3. The molecule has 0 unspecified atom stereocenters. The summed E-state index contributed by atoms with van der Waals surface area (Å²) in [6, 6.07) is 9.66. The molecule has 142 valence electrons. The van der Waals surface area contributed by atoms with Gasteiger partial charge in [-0.25, -0.2) is 8.42 Å². The van der Waals surface area contributed by atoms with E-state index in [1.54, 1.807) is 32.9 Å². The highest BCUT2D eigenvalue weighted by Gasteiger charge is 2.30. The molecule has 0 N–H and O–H groups in total. The van der Waals surface area contributed by atoms with Crippen molar-refractivity contribution in [2.24, 2.45) is 0 Å². The lowest BCUT2D eigenvalue weighted by molar-refractivity contribution is -0.137. The minimum Gasteiger partial charge on any atom is -0.261 e. The predicted molar refractivity (Wildman–Crippen MR) is 95.5 cm³/mol. The van der Waals surface area contributed by atoms with Crippen molar-refractivity contribution in [3.63, 3.8) is 0 Å². The molecule has 0 aliphatic carbocycles. The van der Waals surface area contributed by atoms with Gasteiger partial charge in [0.25, 0.3) is 0 Å². The molecule has 0 fully saturated rings. The van der Waals surface area contributed by atoms with E-state index in [-0.39, 0.29) is 5.75 Å². The Morgan fingerprint density at radius 2 is 1.46 bits per heavy atom. The van der Waals surface area contributed by atoms with Gasteiger partial charge in [-0.15, -0.1) is 0 Å². The van der Waals surface area contributed by atoms with E-state index in [0.717, 1.165) is 23.4 Å². The lowest BCUT2D eigenvalue weighted by Gasteiger charge is -2.19. The zero-order chi connectivity index (χ0) is 19.6. The van der Waals surface area contributed by atoms with Gasteiger partial charge in [0.2, 0.25) is 0 Å². The topological polar surface area (TPSA) is 47.0 Å². The molecular formula is C19H22F3NO2S. The summed E-state index contributed by atoms with van der Waals surface area (Å²) in [5.74, 6) is -0.0166. The lowest BCUT2D eigenvalue weighted by atomic mass is 10.1. The first-order valence-electron chi connectivity index (χ1n) is 8.21. The largest absolute Gasteiger partial charge is 0.417 e. The number of rotatable bonds is 5. The molecule has 26 heavy (non-hydrogen) atoms. The van der Waals surface area contributed by atoms with E-state index < -0.39 is 26.3 Å². The second-order valence-electron chi connectivity index (χ2n) is 7.22. The molecule has 1 aromatic carbocycles. The first-order valence-corrected chi connectivity index (χ1v) is 9.86. The first kappa shape index (κ1) is 20.4. The van der Waals surface area contributed by atoms with Gasteiger partial charge < -0.3 is 0 Å². The lowest BCUT2D eigenvalue weighted by Crippen LogP contribution is -2.29. The van der Waals surface area contributed by atoms with Crippen molar-refractivity contribution in [3.8, 4) is 0 Å². The number of benzene rings is 1. The molecule has 0 aliphatic heterocycles. The van der Waals surface area contributed by atoms with Crippen LogP contribution in [0.4, 0.5) is 13.2 Å². The number of aromatic nitrogens is 1. The van der Waals surface area contributed by atoms with E-state index in [1.165, 1.54) is 6.07 Å². The second-order valence-corrected chi connectivity index (χ2v) is 9.97. The molecule has 0 amide bonds. The van der Waals surface area contributed by atoms with E-state index >= 15 is 0 Å². The van der Waals surface area contributed by atoms with Crippen molar-refractivity contribution >= 4 is 9.84 Å². The molecular weight excluding hydrogens is 363 g/mol. The molecule has 2 rings (SSSR count). The molecule has 0 bridgehead atoms. The molecule has 0 saturated carbocycles. The number of halogens is 3. The van der Waals surface area contributed by atoms with Crippen LogP contribution >= 0.6 is 0 Å². The minimum absolute atomic E-state index is 0.0166. The van der Waals surface area contributed by atoms with Gasteiger partial charge in [0.05, 0.1) is 16.1 Å². The second kappa shape index (κ2) is 7.39. The smallest absolute Gasteiger partial charge is 0.261 e. The summed E-state index contributed by atoms with van der Waals surface area (Å²) in [5.41, 5.74) is 1.52. The fourth-order valence-corrected chi connectivity index (χ4v) is 3.31. The van der Waals surface area contributed by atoms with Crippen molar-refractivity contribution in [2.75, 3.05) is 0 Å². The Labute approximate surface area is 152 Å². The van der Waals surface area contributed by atoms with Crippen LogP contribution in [0.3, 0.4) is 0 Å². The van der Waals surface area contributed by atoms with Crippen LogP contribution in [0.2, 0.25) is 0 Å². The molecule has 1 heterocycles. The third kappa shape index (κ3) is 5.30. The standard InChI is InChI=1S/C19H22F3NO2S/c1-18(2,3)26(24,25)13-15-6-4-14(5-7-15)8-10-17-11-9-16(12-23-17)19(20,21)22/h4-7,9,11-12H,8,10,13H2,1-3H3. The number of hydrogen-bond donors (Lipinski definition) is 0. The normalized spacial score (nSPS) is 13.0. The average molecular weight is 385 g/mol. The van der Waals surface area contributed by atoms with Gasteiger partial charge in [0.1, 0.15) is 0 Å². The van der Waals surface area contributed by atoms with Crippen LogP contribution < -0.4 is 0 Å². The first-order chi connectivity index (χ1) is 11.9. The van der Waals surface area contributed by atoms with Crippen LogP contribution in [-0.2, 0) is 34.6 Å². The maximum Gasteiger partial charge on any atom is 0.417 e. The Kier molecular flexibility index (Phi) is 5.80. The fraction of sp³-hybridized carbons (Fsp3) is 0.421. The van der Waals surface area contributed by atoms with Crippen molar-refractivity contribution in [3.05, 3.63) is 65.0 Å². The van der Waals surface area contributed by atoms with Crippen LogP contribution in [0.25, 0.3) is 0 Å². The number of nitrogens with zero attached hydrogens (tertiary/aromatic N) is 1. The maximum absolute atomic E-state index is 12.5. The van der Waals surface area contributed by atoms with E-state index in [9.17, 15) is 21.6 Å². The van der Waals surface area contributed by atoms with E-state index in [1.807, 2.05) is 12.1 Å². The molecule has 1 aromatic heterocycles. The Morgan fingerprint density at radius 3 is 1.92 bits per heavy atom. The number of hydrogen-bond acceptors (Lipinski definition) is 3. The molecule has 2 aromatic rings. The van der Waals surface area contributed by atoms with Crippen molar-refractivity contribution in [2.45, 2.75) is 50.3 Å². The van der Waals surface area contributed by atoms with Crippen LogP contribution in [-0.4, -0.2) is 18.1 Å². The highest BCUT2D eigenvalue weighted by Crippen LogP contribution is 2.28. The Balaban J connectivity index is 1.98. The third-order valence-corrected chi connectivity index (χ3v) is 6.71. The number of aryl methyl sites for hydroxylation is 2. The van der Waals surface area contributed by atoms with Crippen molar-refractivity contribution < 1.29 is 21.6 Å². The number of sulfone groups is 1. The summed E-state index contributed by atoms with van der Waals surface area (Å²) >= 11 is 0. The van der Waals surface area contributed by atoms with Crippen molar-refractivity contribution in [1.29, 1.82) is 0 Å². The maximum atomic E-state index is 12.5. The number of pyridine rings is 1. The molecule has 0 atom stereocenters. The van der Waals surface area contributed by atoms with E-state index in [4.69, 9.17) is 0 Å². The molecule has 0 spiro atoms. The fourth-order valence-electron chi connectivity index (χ4n) is 2.25. The Morgan fingerprint density at radius 1 is 0.885 bits per heavy atom. The predicted octanol–water partition coefficient (Wildman–Crippen LogP) is 4.60. The summed E-state index contributed by atoms with van der Waals surface area (Å²) < 4.78 is 61.2. The summed E-state index contributed by atoms with van der Waals surface area (Å²) in [5, 5.41) is 0. The molecule has 0 saturated heterocycles. The van der Waals surface area contributed by atoms with Gasteiger partial charge in [-0.05, 0) is 56.9 Å². The van der Waals surface area contributed by atoms with Gasteiger partial charge in [-0.3, -0.25) is 4.98 Å².